The fourth-order valence-electron chi connectivity index (χ4n) is 4.42. The first-order chi connectivity index (χ1) is 16.6. The van der Waals surface area contributed by atoms with Crippen LogP contribution < -0.4 is 21.3 Å². The molecule has 194 valence electrons. The molecule has 0 saturated carbocycles. The highest BCUT2D eigenvalue weighted by atomic mass is 32.2. The average Bonchev–Trinajstić information content (AvgIpc) is 3.32. The van der Waals surface area contributed by atoms with Gasteiger partial charge in [0.1, 0.15) is 0 Å². The van der Waals surface area contributed by atoms with E-state index in [1.165, 1.54) is 6.07 Å². The molecule has 0 radical (unpaired) electrons. The Kier molecular flexibility index (Phi) is 9.71. The van der Waals surface area contributed by atoms with Crippen LogP contribution in [0.2, 0.25) is 0 Å². The molecule has 11 heteroatoms. The average molecular weight is 515 g/mol. The highest BCUT2D eigenvalue weighted by molar-refractivity contribution is 8.00. The van der Waals surface area contributed by atoms with Gasteiger partial charge in [-0.2, -0.15) is 24.9 Å². The lowest BCUT2D eigenvalue weighted by Crippen LogP contribution is -2.36. The van der Waals surface area contributed by atoms with Gasteiger partial charge in [-0.3, -0.25) is 9.59 Å². The maximum Gasteiger partial charge on any atom is 0.416 e. The number of carbonyl (C=O) groups excluding carboxylic acids is 3. The van der Waals surface area contributed by atoms with Crippen LogP contribution in [-0.2, 0) is 15.8 Å². The molecule has 1 aromatic carbocycles. The second-order valence-electron chi connectivity index (χ2n) is 9.16. The van der Waals surface area contributed by atoms with Gasteiger partial charge in [-0.1, -0.05) is 12.8 Å². The number of anilines is 1. The first kappa shape index (κ1) is 27.2. The number of hydrogen-bond donors (Lipinski definition) is 4. The summed E-state index contributed by atoms with van der Waals surface area (Å²) < 4.78 is 38.7. The zero-order valence-corrected chi connectivity index (χ0v) is 20.6. The minimum atomic E-state index is -4.46. The minimum Gasteiger partial charge on any atom is -0.356 e. The second-order valence-corrected chi connectivity index (χ2v) is 10.4. The topological polar surface area (TPSA) is 99.3 Å². The molecule has 2 aliphatic rings. The van der Waals surface area contributed by atoms with Gasteiger partial charge >= 0.3 is 12.2 Å². The highest BCUT2D eigenvalue weighted by Crippen LogP contribution is 2.33. The third kappa shape index (κ3) is 8.63. The first-order valence-electron chi connectivity index (χ1n) is 12.1. The third-order valence-corrected chi connectivity index (χ3v) is 7.68. The summed E-state index contributed by atoms with van der Waals surface area (Å²) in [6.07, 6.45) is 0.986. The van der Waals surface area contributed by atoms with Crippen LogP contribution >= 0.6 is 11.8 Å². The van der Waals surface area contributed by atoms with Gasteiger partial charge in [0, 0.05) is 36.1 Å². The molecule has 35 heavy (non-hydrogen) atoms. The van der Waals surface area contributed by atoms with E-state index in [0.29, 0.717) is 30.2 Å². The molecular weight excluding hydrogens is 481 g/mol. The van der Waals surface area contributed by atoms with Crippen molar-refractivity contribution < 1.29 is 27.6 Å². The highest BCUT2D eigenvalue weighted by Gasteiger charge is 2.42. The number of hydrogen-bond acceptors (Lipinski definition) is 4. The summed E-state index contributed by atoms with van der Waals surface area (Å²) in [6.45, 7) is 2.09. The molecule has 3 atom stereocenters. The number of carbonyl (C=O) groups is 3. The number of aryl methyl sites for hydroxylation is 1. The number of thioether (sulfide) groups is 1. The van der Waals surface area contributed by atoms with Crippen molar-refractivity contribution in [1.82, 2.24) is 16.0 Å². The van der Waals surface area contributed by atoms with Gasteiger partial charge in [-0.25, -0.2) is 4.79 Å². The molecule has 0 aromatic heterocycles. The van der Waals surface area contributed by atoms with Crippen LogP contribution in [0.5, 0.6) is 0 Å². The predicted molar refractivity (Wildman–Crippen MR) is 130 cm³/mol. The maximum absolute atomic E-state index is 12.9. The first-order valence-corrected chi connectivity index (χ1v) is 13.1. The van der Waals surface area contributed by atoms with Crippen molar-refractivity contribution in [1.29, 1.82) is 0 Å². The number of urea groups is 1. The van der Waals surface area contributed by atoms with Crippen LogP contribution in [0.1, 0.15) is 62.5 Å². The Labute approximate surface area is 207 Å². The van der Waals surface area contributed by atoms with E-state index in [0.717, 1.165) is 50.0 Å². The Balaban J connectivity index is 1.20. The molecule has 1 aromatic rings. The summed E-state index contributed by atoms with van der Waals surface area (Å²) in [5.74, 6) is 0.615. The molecule has 3 unspecified atom stereocenters. The van der Waals surface area contributed by atoms with E-state index in [2.05, 4.69) is 21.3 Å². The van der Waals surface area contributed by atoms with Crippen molar-refractivity contribution in [3.8, 4) is 0 Å². The fraction of sp³-hybridized carbons (Fsp3) is 0.625. The molecule has 2 saturated heterocycles. The van der Waals surface area contributed by atoms with Crippen LogP contribution in [0.4, 0.5) is 23.7 Å². The standard InChI is InChI=1S/C24H33F3N4O3S/c1-15-11-16(24(25,26)27)13-17(12-15)29-21(33)9-3-2-6-10-28-20(32)8-5-4-7-19-22-18(14-35-19)30-23(34)31-22/h11-13,18-19,22H,2-10,14H2,1H3,(H,28,32)(H,29,33)(H2,30,31,34). The third-order valence-electron chi connectivity index (χ3n) is 6.17. The van der Waals surface area contributed by atoms with Crippen molar-refractivity contribution in [2.24, 2.45) is 0 Å². The van der Waals surface area contributed by atoms with Gasteiger partial charge in [0.05, 0.1) is 17.6 Å². The van der Waals surface area contributed by atoms with Crippen LogP contribution in [0.3, 0.4) is 0 Å². The van der Waals surface area contributed by atoms with E-state index in [1.807, 2.05) is 11.8 Å². The lowest BCUT2D eigenvalue weighted by Gasteiger charge is -2.16. The Morgan fingerprint density at radius 1 is 1.03 bits per heavy atom. The number of fused-ring (bicyclic) bond motifs is 1. The molecule has 2 heterocycles. The fourth-order valence-corrected chi connectivity index (χ4v) is 5.96. The molecule has 4 amide bonds. The van der Waals surface area contributed by atoms with E-state index in [-0.39, 0.29) is 42.0 Å². The summed E-state index contributed by atoms with van der Waals surface area (Å²) in [5.41, 5.74) is -0.212. The Hall–Kier alpha value is -2.43. The van der Waals surface area contributed by atoms with Crippen molar-refractivity contribution >= 4 is 35.3 Å². The molecule has 2 fully saturated rings. The van der Waals surface area contributed by atoms with Gasteiger partial charge in [0.2, 0.25) is 11.8 Å². The van der Waals surface area contributed by atoms with Gasteiger partial charge in [0.15, 0.2) is 0 Å². The molecule has 4 N–H and O–H groups in total. The normalized spacial score (nSPS) is 21.3. The van der Waals surface area contributed by atoms with Crippen molar-refractivity contribution in [3.63, 3.8) is 0 Å². The summed E-state index contributed by atoms with van der Waals surface area (Å²) in [5, 5.41) is 11.7. The number of rotatable bonds is 12. The monoisotopic (exact) mass is 514 g/mol. The Morgan fingerprint density at radius 3 is 2.54 bits per heavy atom. The van der Waals surface area contributed by atoms with Crippen LogP contribution in [-0.4, -0.2) is 47.5 Å². The Morgan fingerprint density at radius 2 is 1.77 bits per heavy atom. The van der Waals surface area contributed by atoms with Gasteiger partial charge in [-0.05, 0) is 56.4 Å². The zero-order chi connectivity index (χ0) is 25.4. The molecule has 7 nitrogen and oxygen atoms in total. The van der Waals surface area contributed by atoms with E-state index in [1.54, 1.807) is 6.92 Å². The summed E-state index contributed by atoms with van der Waals surface area (Å²) >= 11 is 1.87. The largest absolute Gasteiger partial charge is 0.416 e. The molecule has 3 rings (SSSR count). The van der Waals surface area contributed by atoms with Gasteiger partial charge in [0.25, 0.3) is 0 Å². The number of nitrogens with one attached hydrogen (secondary N) is 4. The number of halogens is 3. The zero-order valence-electron chi connectivity index (χ0n) is 19.8. The molecule has 0 spiro atoms. The van der Waals surface area contributed by atoms with Crippen LogP contribution in [0, 0.1) is 6.92 Å². The van der Waals surface area contributed by atoms with E-state index in [9.17, 15) is 27.6 Å². The summed E-state index contributed by atoms with van der Waals surface area (Å²) in [4.78, 5) is 35.5. The van der Waals surface area contributed by atoms with Crippen molar-refractivity contribution in [2.75, 3.05) is 17.6 Å². The summed E-state index contributed by atoms with van der Waals surface area (Å²) in [7, 11) is 0. The molecular formula is C24H33F3N4O3S. The molecule has 0 aliphatic carbocycles. The lowest BCUT2D eigenvalue weighted by molar-refractivity contribution is -0.137. The minimum absolute atomic E-state index is 0.00967. The van der Waals surface area contributed by atoms with E-state index >= 15 is 0 Å². The number of alkyl halides is 3. The van der Waals surface area contributed by atoms with Gasteiger partial charge < -0.3 is 21.3 Å². The smallest absolute Gasteiger partial charge is 0.356 e. The predicted octanol–water partition coefficient (Wildman–Crippen LogP) is 4.35. The van der Waals surface area contributed by atoms with Gasteiger partial charge in [-0.15, -0.1) is 0 Å². The van der Waals surface area contributed by atoms with Crippen LogP contribution in [0.15, 0.2) is 18.2 Å². The molecule has 0 bridgehead atoms. The maximum atomic E-state index is 12.9. The Bertz CT molecular complexity index is 912. The van der Waals surface area contributed by atoms with Crippen LogP contribution in [0.25, 0.3) is 0 Å². The quantitative estimate of drug-likeness (QED) is 0.246. The van der Waals surface area contributed by atoms with E-state index in [4.69, 9.17) is 0 Å². The van der Waals surface area contributed by atoms with Crippen molar-refractivity contribution in [2.45, 2.75) is 81.8 Å². The lowest BCUT2D eigenvalue weighted by atomic mass is 10.0. The van der Waals surface area contributed by atoms with Crippen molar-refractivity contribution in [3.05, 3.63) is 29.3 Å². The number of amides is 4. The molecule has 2 aliphatic heterocycles. The van der Waals surface area contributed by atoms with E-state index < -0.39 is 11.7 Å². The summed E-state index contributed by atoms with van der Waals surface area (Å²) in [6, 6.07) is 3.82. The number of unbranched alkanes of at least 4 members (excludes halogenated alkanes) is 3. The SMILES string of the molecule is Cc1cc(NC(=O)CCCCCNC(=O)CCCCC2SCC3NC(=O)NC32)cc(C(F)(F)F)c1. The number of benzene rings is 1. The second kappa shape index (κ2) is 12.5.